The first-order chi connectivity index (χ1) is 12.3. The molecule has 0 bridgehead atoms. The van der Waals surface area contributed by atoms with E-state index in [1.54, 1.807) is 12.1 Å². The van der Waals surface area contributed by atoms with E-state index in [1.165, 1.54) is 13.3 Å². The Morgan fingerprint density at radius 1 is 1.19 bits per heavy atom. The number of benzene rings is 2. The quantitative estimate of drug-likeness (QED) is 0.279. The summed E-state index contributed by atoms with van der Waals surface area (Å²) in [5.74, 6) is -1.37. The van der Waals surface area contributed by atoms with Gasteiger partial charge in [0.05, 0.1) is 16.9 Å². The van der Waals surface area contributed by atoms with Crippen molar-refractivity contribution in [1.29, 1.82) is 0 Å². The third-order valence-corrected chi connectivity index (χ3v) is 4.40. The summed E-state index contributed by atoms with van der Waals surface area (Å²) >= 11 is 1.95. The van der Waals surface area contributed by atoms with E-state index < -0.39 is 11.8 Å². The molecule has 0 radical (unpaired) electrons. The first-order valence-electron chi connectivity index (χ1n) is 7.60. The van der Waals surface area contributed by atoms with E-state index in [-0.39, 0.29) is 11.5 Å². The number of nitrogens with one attached hydrogen (secondary N) is 2. The highest BCUT2D eigenvalue weighted by molar-refractivity contribution is 14.1. The van der Waals surface area contributed by atoms with Crippen molar-refractivity contribution in [2.24, 2.45) is 5.10 Å². The summed E-state index contributed by atoms with van der Waals surface area (Å²) in [5, 5.41) is 16.1. The van der Waals surface area contributed by atoms with Crippen LogP contribution in [-0.4, -0.2) is 30.2 Å². The molecule has 0 saturated carbocycles. The van der Waals surface area contributed by atoms with E-state index >= 15 is 0 Å². The van der Waals surface area contributed by atoms with Crippen LogP contribution in [0.15, 0.2) is 35.4 Å². The van der Waals surface area contributed by atoms with E-state index in [0.29, 0.717) is 14.8 Å². The van der Waals surface area contributed by atoms with E-state index in [9.17, 15) is 14.7 Å². The van der Waals surface area contributed by atoms with Gasteiger partial charge in [-0.25, -0.2) is 5.43 Å². The van der Waals surface area contributed by atoms with Crippen molar-refractivity contribution in [3.8, 4) is 11.5 Å². The molecule has 0 aliphatic rings. The van der Waals surface area contributed by atoms with Gasteiger partial charge in [-0.2, -0.15) is 5.10 Å². The third kappa shape index (κ3) is 4.72. The lowest BCUT2D eigenvalue weighted by atomic mass is 10.1. The van der Waals surface area contributed by atoms with Crippen LogP contribution in [0.3, 0.4) is 0 Å². The zero-order valence-electron chi connectivity index (χ0n) is 14.5. The number of phenols is 1. The maximum Gasteiger partial charge on any atom is 0.329 e. The van der Waals surface area contributed by atoms with Gasteiger partial charge in [0.15, 0.2) is 11.5 Å². The van der Waals surface area contributed by atoms with E-state index in [1.807, 2.05) is 54.6 Å². The summed E-state index contributed by atoms with van der Waals surface area (Å²) in [5.41, 5.74) is 5.10. The Bertz CT molecular complexity index is 861. The number of anilines is 1. The zero-order chi connectivity index (χ0) is 19.3. The Balaban J connectivity index is 2.03. The summed E-state index contributed by atoms with van der Waals surface area (Å²) in [7, 11) is 1.44. The number of hydrogen-bond donors (Lipinski definition) is 3. The van der Waals surface area contributed by atoms with E-state index in [4.69, 9.17) is 4.74 Å². The van der Waals surface area contributed by atoms with Crippen molar-refractivity contribution in [1.82, 2.24) is 5.43 Å². The lowest BCUT2D eigenvalue weighted by Gasteiger charge is -2.10. The summed E-state index contributed by atoms with van der Waals surface area (Å²) in [6, 6.07) is 8.78. The number of nitrogens with zero attached hydrogens (tertiary/aromatic N) is 1. The normalized spacial score (nSPS) is 10.6. The average Bonchev–Trinajstić information content (AvgIpc) is 2.60. The van der Waals surface area contributed by atoms with E-state index in [2.05, 4.69) is 15.8 Å². The van der Waals surface area contributed by atoms with Gasteiger partial charge in [0.2, 0.25) is 0 Å². The minimum absolute atomic E-state index is 0.0299. The van der Waals surface area contributed by atoms with Gasteiger partial charge in [-0.05, 0) is 65.3 Å². The standard InChI is InChI=1S/C18H18IN3O4/c1-10-5-4-6-11(2)15(10)21-17(24)18(25)22-20-9-12-7-13(19)16(23)14(8-12)26-3/h4-9,23H,1-3H3,(H,21,24)(H,22,25)/b20-9-. The van der Waals surface area contributed by atoms with E-state index in [0.717, 1.165) is 11.1 Å². The summed E-state index contributed by atoms with van der Waals surface area (Å²) < 4.78 is 5.62. The molecule has 2 rings (SSSR count). The second kappa shape index (κ2) is 8.65. The first kappa shape index (κ1) is 19.7. The average molecular weight is 467 g/mol. The third-order valence-electron chi connectivity index (χ3n) is 3.58. The summed E-state index contributed by atoms with van der Waals surface area (Å²) in [6.45, 7) is 3.69. The van der Waals surface area contributed by atoms with Gasteiger partial charge in [-0.15, -0.1) is 0 Å². The van der Waals surface area contributed by atoms with Crippen LogP contribution < -0.4 is 15.5 Å². The fraction of sp³-hybridized carbons (Fsp3) is 0.167. The molecular formula is C18H18IN3O4. The predicted molar refractivity (Wildman–Crippen MR) is 108 cm³/mol. The molecule has 0 heterocycles. The Morgan fingerprint density at radius 2 is 1.85 bits per heavy atom. The van der Waals surface area contributed by atoms with Crippen molar-refractivity contribution >= 4 is 46.3 Å². The smallest absolute Gasteiger partial charge is 0.329 e. The Kier molecular flexibility index (Phi) is 6.56. The number of ether oxygens (including phenoxy) is 1. The number of aryl methyl sites for hydroxylation is 2. The Hall–Kier alpha value is -2.62. The molecule has 2 aromatic carbocycles. The van der Waals surface area contributed by atoms with Gasteiger partial charge in [-0.3, -0.25) is 9.59 Å². The number of amides is 2. The van der Waals surface area contributed by atoms with Gasteiger partial charge >= 0.3 is 11.8 Å². The van der Waals surface area contributed by atoms with Crippen LogP contribution in [0.1, 0.15) is 16.7 Å². The molecule has 0 aliphatic heterocycles. The number of para-hydroxylation sites is 1. The van der Waals surface area contributed by atoms with Crippen LogP contribution in [-0.2, 0) is 9.59 Å². The van der Waals surface area contributed by atoms with Crippen LogP contribution in [0, 0.1) is 17.4 Å². The molecule has 0 spiro atoms. The van der Waals surface area contributed by atoms with Crippen molar-refractivity contribution in [3.05, 3.63) is 50.6 Å². The number of hydrazone groups is 1. The van der Waals surface area contributed by atoms with Crippen LogP contribution in [0.2, 0.25) is 0 Å². The van der Waals surface area contributed by atoms with Gasteiger partial charge < -0.3 is 15.2 Å². The van der Waals surface area contributed by atoms with Gasteiger partial charge in [-0.1, -0.05) is 18.2 Å². The molecule has 0 aliphatic carbocycles. The van der Waals surface area contributed by atoms with Gasteiger partial charge in [0.1, 0.15) is 0 Å². The van der Waals surface area contributed by atoms with Crippen LogP contribution in [0.5, 0.6) is 11.5 Å². The minimum Gasteiger partial charge on any atom is -0.504 e. The highest BCUT2D eigenvalue weighted by Gasteiger charge is 2.15. The predicted octanol–water partition coefficient (Wildman–Crippen LogP) is 2.71. The summed E-state index contributed by atoms with van der Waals surface area (Å²) in [4.78, 5) is 23.9. The molecular weight excluding hydrogens is 449 g/mol. The highest BCUT2D eigenvalue weighted by Crippen LogP contribution is 2.31. The SMILES string of the molecule is COc1cc(/C=N\NC(=O)C(=O)Nc2c(C)cccc2C)cc(I)c1O. The lowest BCUT2D eigenvalue weighted by Crippen LogP contribution is -2.32. The molecule has 26 heavy (non-hydrogen) atoms. The van der Waals surface area contributed by atoms with Crippen molar-refractivity contribution in [2.75, 3.05) is 12.4 Å². The minimum atomic E-state index is -0.885. The fourth-order valence-corrected chi connectivity index (χ4v) is 2.85. The lowest BCUT2D eigenvalue weighted by molar-refractivity contribution is -0.136. The number of methoxy groups -OCH3 is 1. The largest absolute Gasteiger partial charge is 0.504 e. The zero-order valence-corrected chi connectivity index (χ0v) is 16.6. The van der Waals surface area contributed by atoms with Crippen LogP contribution in [0.4, 0.5) is 5.69 Å². The number of carbonyl (C=O) groups is 2. The van der Waals surface area contributed by atoms with Crippen molar-refractivity contribution < 1.29 is 19.4 Å². The molecule has 2 aromatic rings. The van der Waals surface area contributed by atoms with Crippen LogP contribution >= 0.6 is 22.6 Å². The molecule has 0 unspecified atom stereocenters. The van der Waals surface area contributed by atoms with Crippen LogP contribution in [0.25, 0.3) is 0 Å². The molecule has 7 nitrogen and oxygen atoms in total. The Morgan fingerprint density at radius 3 is 2.46 bits per heavy atom. The molecule has 8 heteroatoms. The molecule has 0 saturated heterocycles. The van der Waals surface area contributed by atoms with Crippen molar-refractivity contribution in [3.63, 3.8) is 0 Å². The number of hydrogen-bond acceptors (Lipinski definition) is 5. The highest BCUT2D eigenvalue weighted by atomic mass is 127. The number of aromatic hydroxyl groups is 1. The number of phenolic OH excluding ortho intramolecular Hbond substituents is 1. The van der Waals surface area contributed by atoms with Gasteiger partial charge in [0, 0.05) is 5.69 Å². The molecule has 2 amide bonds. The maximum atomic E-state index is 12.0. The number of rotatable bonds is 4. The molecule has 0 atom stereocenters. The second-order valence-corrected chi connectivity index (χ2v) is 6.64. The Labute approximate surface area is 164 Å². The maximum absolute atomic E-state index is 12.0. The molecule has 0 aromatic heterocycles. The van der Waals surface area contributed by atoms with Crippen molar-refractivity contribution in [2.45, 2.75) is 13.8 Å². The molecule has 3 N–H and O–H groups in total. The molecule has 136 valence electrons. The van der Waals surface area contributed by atoms with Gasteiger partial charge in [0.25, 0.3) is 0 Å². The second-order valence-electron chi connectivity index (χ2n) is 5.47. The number of carbonyl (C=O) groups excluding carboxylic acids is 2. The molecule has 0 fully saturated rings. The fourth-order valence-electron chi connectivity index (χ4n) is 2.22. The topological polar surface area (TPSA) is 100 Å². The number of halogens is 1. The first-order valence-corrected chi connectivity index (χ1v) is 8.68. The monoisotopic (exact) mass is 467 g/mol. The summed E-state index contributed by atoms with van der Waals surface area (Å²) in [6.07, 6.45) is 1.36.